The van der Waals surface area contributed by atoms with Crippen molar-refractivity contribution in [1.29, 1.82) is 0 Å². The van der Waals surface area contributed by atoms with E-state index in [4.69, 9.17) is 10.5 Å². The zero-order chi connectivity index (χ0) is 18.8. The van der Waals surface area contributed by atoms with Crippen LogP contribution in [-0.4, -0.2) is 30.0 Å². The Hall–Kier alpha value is -2.64. The molecule has 0 atom stereocenters. The summed E-state index contributed by atoms with van der Waals surface area (Å²) < 4.78 is 4.87. The van der Waals surface area contributed by atoms with Crippen molar-refractivity contribution in [3.05, 3.63) is 27.8 Å². The molecule has 0 saturated carbocycles. The number of amides is 1. The lowest BCUT2D eigenvalue weighted by molar-refractivity contribution is -0.383. The first kappa shape index (κ1) is 18.7. The molecule has 2 N–H and O–H groups in total. The van der Waals surface area contributed by atoms with Crippen molar-refractivity contribution in [2.24, 2.45) is 0 Å². The zero-order valence-electron chi connectivity index (χ0n) is 14.7. The van der Waals surface area contributed by atoms with Crippen molar-refractivity contribution in [3.8, 4) is 0 Å². The van der Waals surface area contributed by atoms with Gasteiger partial charge in [-0.25, -0.2) is 0 Å². The standard InChI is InChI=1S/C17H23N3O5/c1-4-25-15(21)7-5-6-8-19-13-10-14(20(23)24)12(18)9-11(13)17(2,3)16(19)22/h9-10H,4-8,18H2,1-3H3. The molecular formula is C17H23N3O5. The van der Waals surface area contributed by atoms with Crippen LogP contribution in [0.3, 0.4) is 0 Å². The normalized spacial score (nSPS) is 15.2. The lowest BCUT2D eigenvalue weighted by Crippen LogP contribution is -2.36. The van der Waals surface area contributed by atoms with Crippen LogP contribution in [0, 0.1) is 10.1 Å². The number of rotatable bonds is 7. The van der Waals surface area contributed by atoms with Crippen molar-refractivity contribution < 1.29 is 19.2 Å². The number of nitrogens with zero attached hydrogens (tertiary/aromatic N) is 2. The summed E-state index contributed by atoms with van der Waals surface area (Å²) in [5, 5.41) is 11.1. The molecule has 1 aromatic rings. The molecule has 0 radical (unpaired) electrons. The van der Waals surface area contributed by atoms with Crippen LogP contribution in [0.5, 0.6) is 0 Å². The van der Waals surface area contributed by atoms with Gasteiger partial charge in [0, 0.05) is 19.0 Å². The van der Waals surface area contributed by atoms with Gasteiger partial charge in [-0.15, -0.1) is 0 Å². The van der Waals surface area contributed by atoms with Gasteiger partial charge >= 0.3 is 5.97 Å². The Balaban J connectivity index is 2.18. The van der Waals surface area contributed by atoms with E-state index in [0.717, 1.165) is 0 Å². The number of benzene rings is 1. The number of hydrogen-bond acceptors (Lipinski definition) is 6. The SMILES string of the molecule is CCOC(=O)CCCCN1C(=O)C(C)(C)c2cc(N)c([N+](=O)[O-])cc21. The van der Waals surface area contributed by atoms with E-state index >= 15 is 0 Å². The first-order valence-corrected chi connectivity index (χ1v) is 8.26. The summed E-state index contributed by atoms with van der Waals surface area (Å²) in [4.78, 5) is 36.2. The Kier molecular flexibility index (Phi) is 5.30. The largest absolute Gasteiger partial charge is 0.466 e. The maximum absolute atomic E-state index is 12.7. The Morgan fingerprint density at radius 3 is 2.64 bits per heavy atom. The molecule has 0 aliphatic carbocycles. The van der Waals surface area contributed by atoms with Crippen LogP contribution in [0.1, 0.15) is 45.6 Å². The number of nitrogens with two attached hydrogens (primary N) is 1. The molecule has 8 nitrogen and oxygen atoms in total. The van der Waals surface area contributed by atoms with Gasteiger partial charge in [-0.2, -0.15) is 0 Å². The van der Waals surface area contributed by atoms with E-state index < -0.39 is 10.3 Å². The average molecular weight is 349 g/mol. The first-order valence-electron chi connectivity index (χ1n) is 8.26. The van der Waals surface area contributed by atoms with Crippen molar-refractivity contribution in [3.63, 3.8) is 0 Å². The lowest BCUT2D eigenvalue weighted by atomic mass is 9.86. The summed E-state index contributed by atoms with van der Waals surface area (Å²) in [6.07, 6.45) is 1.46. The molecule has 25 heavy (non-hydrogen) atoms. The van der Waals surface area contributed by atoms with Crippen LogP contribution in [0.4, 0.5) is 17.1 Å². The minimum absolute atomic E-state index is 0.0498. The van der Waals surface area contributed by atoms with Gasteiger partial charge in [0.25, 0.3) is 5.69 Å². The lowest BCUT2D eigenvalue weighted by Gasteiger charge is -2.20. The van der Waals surface area contributed by atoms with Crippen molar-refractivity contribution >= 4 is 28.9 Å². The number of carbonyl (C=O) groups is 2. The number of anilines is 2. The number of esters is 1. The highest BCUT2D eigenvalue weighted by molar-refractivity contribution is 6.08. The molecule has 1 aliphatic heterocycles. The van der Waals surface area contributed by atoms with E-state index in [1.165, 1.54) is 12.1 Å². The average Bonchev–Trinajstić information content (AvgIpc) is 2.71. The van der Waals surface area contributed by atoms with Gasteiger partial charge in [0.05, 0.1) is 22.6 Å². The zero-order valence-corrected chi connectivity index (χ0v) is 14.7. The predicted octanol–water partition coefficient (Wildman–Crippen LogP) is 2.53. The minimum Gasteiger partial charge on any atom is -0.466 e. The third kappa shape index (κ3) is 3.57. The Labute approximate surface area is 146 Å². The van der Waals surface area contributed by atoms with Gasteiger partial charge in [-0.1, -0.05) is 0 Å². The maximum Gasteiger partial charge on any atom is 0.305 e. The fourth-order valence-corrected chi connectivity index (χ4v) is 3.03. The molecular weight excluding hydrogens is 326 g/mol. The van der Waals surface area contributed by atoms with Crippen molar-refractivity contribution in [2.45, 2.75) is 45.4 Å². The molecule has 0 bridgehead atoms. The molecule has 8 heteroatoms. The van der Waals surface area contributed by atoms with E-state index in [-0.39, 0.29) is 29.7 Å². The molecule has 1 aliphatic rings. The minimum atomic E-state index is -0.792. The Morgan fingerprint density at radius 2 is 2.04 bits per heavy atom. The number of nitro groups is 1. The van der Waals surface area contributed by atoms with Gasteiger partial charge in [0.1, 0.15) is 5.69 Å². The molecule has 1 heterocycles. The number of fused-ring (bicyclic) bond motifs is 1. The van der Waals surface area contributed by atoms with E-state index in [1.54, 1.807) is 25.7 Å². The molecule has 0 saturated heterocycles. The number of nitrogen functional groups attached to an aromatic ring is 1. The van der Waals surface area contributed by atoms with E-state index in [2.05, 4.69) is 0 Å². The van der Waals surface area contributed by atoms with E-state index in [9.17, 15) is 19.7 Å². The molecule has 1 amide bonds. The van der Waals surface area contributed by atoms with Crippen LogP contribution in [-0.2, 0) is 19.7 Å². The number of unbranched alkanes of at least 4 members (excludes halogenated alkanes) is 1. The topological polar surface area (TPSA) is 116 Å². The Morgan fingerprint density at radius 1 is 1.36 bits per heavy atom. The van der Waals surface area contributed by atoms with Crippen LogP contribution < -0.4 is 10.6 Å². The summed E-state index contributed by atoms with van der Waals surface area (Å²) in [7, 11) is 0. The van der Waals surface area contributed by atoms with Gasteiger partial charge in [0.15, 0.2) is 0 Å². The maximum atomic E-state index is 12.7. The van der Waals surface area contributed by atoms with Gasteiger partial charge < -0.3 is 15.4 Å². The van der Waals surface area contributed by atoms with Crippen molar-refractivity contribution in [2.75, 3.05) is 23.8 Å². The summed E-state index contributed by atoms with van der Waals surface area (Å²) in [6.45, 7) is 6.03. The highest BCUT2D eigenvalue weighted by atomic mass is 16.6. The second-order valence-corrected chi connectivity index (χ2v) is 6.53. The van der Waals surface area contributed by atoms with Gasteiger partial charge in [-0.3, -0.25) is 19.7 Å². The molecule has 0 aromatic heterocycles. The third-order valence-corrected chi connectivity index (χ3v) is 4.40. The van der Waals surface area contributed by atoms with Crippen LogP contribution >= 0.6 is 0 Å². The van der Waals surface area contributed by atoms with Gasteiger partial charge in [0.2, 0.25) is 5.91 Å². The van der Waals surface area contributed by atoms with E-state index in [1.807, 2.05) is 0 Å². The number of carbonyl (C=O) groups excluding carboxylic acids is 2. The molecule has 1 aromatic carbocycles. The fraction of sp³-hybridized carbons (Fsp3) is 0.529. The quantitative estimate of drug-likeness (QED) is 0.266. The van der Waals surface area contributed by atoms with Gasteiger partial charge in [-0.05, 0) is 45.2 Å². The smallest absolute Gasteiger partial charge is 0.305 e. The summed E-state index contributed by atoms with van der Waals surface area (Å²) >= 11 is 0. The van der Waals surface area contributed by atoms with Crippen molar-refractivity contribution in [1.82, 2.24) is 0 Å². The van der Waals surface area contributed by atoms with Crippen LogP contribution in [0.2, 0.25) is 0 Å². The summed E-state index contributed by atoms with van der Waals surface area (Å²) in [5.41, 5.74) is 6.02. The summed E-state index contributed by atoms with van der Waals surface area (Å²) in [5.74, 6) is -0.391. The second-order valence-electron chi connectivity index (χ2n) is 6.53. The first-order chi connectivity index (χ1) is 11.7. The van der Waals surface area contributed by atoms with Crippen LogP contribution in [0.15, 0.2) is 12.1 Å². The Bertz CT molecular complexity index is 714. The predicted molar refractivity (Wildman–Crippen MR) is 93.4 cm³/mol. The molecule has 2 rings (SSSR count). The fourth-order valence-electron chi connectivity index (χ4n) is 3.03. The molecule has 136 valence electrons. The third-order valence-electron chi connectivity index (χ3n) is 4.40. The monoisotopic (exact) mass is 349 g/mol. The number of nitro benzene ring substituents is 1. The second kappa shape index (κ2) is 7.08. The summed E-state index contributed by atoms with van der Waals surface area (Å²) in [6, 6.07) is 2.88. The molecule has 0 unspecified atom stereocenters. The van der Waals surface area contributed by atoms with Crippen LogP contribution in [0.25, 0.3) is 0 Å². The number of ether oxygens (including phenoxy) is 1. The highest BCUT2D eigenvalue weighted by Gasteiger charge is 2.44. The molecule has 0 spiro atoms. The highest BCUT2D eigenvalue weighted by Crippen LogP contribution is 2.45. The van der Waals surface area contributed by atoms with E-state index in [0.29, 0.717) is 37.2 Å². The molecule has 0 fully saturated rings. The number of hydrogen-bond donors (Lipinski definition) is 1.